The number of nitrogens with one attached hydrogen (secondary N) is 2. The Morgan fingerprint density at radius 3 is 2.63 bits per heavy atom. The predicted octanol–water partition coefficient (Wildman–Crippen LogP) is 2.86. The Kier molecular flexibility index (Phi) is 5.48. The number of rotatable bonds is 5. The van der Waals surface area contributed by atoms with Gasteiger partial charge >= 0.3 is 13.7 Å². The number of benzene rings is 2. The van der Waals surface area contributed by atoms with Crippen LogP contribution in [0, 0.1) is 5.41 Å². The van der Waals surface area contributed by atoms with Gasteiger partial charge in [-0.05, 0) is 11.6 Å². The number of para-hydroxylation sites is 1. The SMILES string of the molecule is CN(C(=N)NP1(=O)OCc2ccccc2O1)C(Cc1ccccc1)C(=O)O. The van der Waals surface area contributed by atoms with Gasteiger partial charge in [-0.25, -0.2) is 9.36 Å². The van der Waals surface area contributed by atoms with E-state index in [0.717, 1.165) is 11.1 Å². The van der Waals surface area contributed by atoms with Crippen LogP contribution in [-0.2, 0) is 26.9 Å². The number of fused-ring (bicyclic) bond motifs is 1. The first-order valence-electron chi connectivity index (χ1n) is 8.26. The fraction of sp³-hybridized carbons (Fsp3) is 0.222. The maximum atomic E-state index is 12.8. The third-order valence-electron chi connectivity index (χ3n) is 4.20. The predicted molar refractivity (Wildman–Crippen MR) is 99.7 cm³/mol. The Balaban J connectivity index is 1.70. The van der Waals surface area contributed by atoms with Crippen molar-refractivity contribution in [3.63, 3.8) is 0 Å². The summed E-state index contributed by atoms with van der Waals surface area (Å²) in [5.41, 5.74) is 1.56. The van der Waals surface area contributed by atoms with E-state index in [0.29, 0.717) is 5.75 Å². The summed E-state index contributed by atoms with van der Waals surface area (Å²) in [5, 5.41) is 20.1. The maximum absolute atomic E-state index is 12.8. The minimum Gasteiger partial charge on any atom is -0.480 e. The lowest BCUT2D eigenvalue weighted by Crippen LogP contribution is -2.48. The van der Waals surface area contributed by atoms with Crippen molar-refractivity contribution in [2.75, 3.05) is 7.05 Å². The highest BCUT2D eigenvalue weighted by Gasteiger charge is 2.36. The highest BCUT2D eigenvalue weighted by molar-refractivity contribution is 7.52. The molecule has 0 fully saturated rings. The normalized spacial score (nSPS) is 19.3. The van der Waals surface area contributed by atoms with Gasteiger partial charge in [0.15, 0.2) is 0 Å². The van der Waals surface area contributed by atoms with E-state index in [2.05, 4.69) is 5.09 Å². The summed E-state index contributed by atoms with van der Waals surface area (Å²) in [6.45, 7) is 0.0732. The van der Waals surface area contributed by atoms with Gasteiger partial charge in [-0.3, -0.25) is 15.0 Å². The smallest absolute Gasteiger partial charge is 0.480 e. The average molecular weight is 389 g/mol. The van der Waals surface area contributed by atoms with Crippen LogP contribution in [0.3, 0.4) is 0 Å². The van der Waals surface area contributed by atoms with Gasteiger partial charge in [-0.1, -0.05) is 48.5 Å². The Labute approximate surface area is 156 Å². The van der Waals surface area contributed by atoms with Gasteiger partial charge in [0, 0.05) is 19.0 Å². The lowest BCUT2D eigenvalue weighted by atomic mass is 10.1. The molecule has 8 nitrogen and oxygen atoms in total. The van der Waals surface area contributed by atoms with Crippen molar-refractivity contribution >= 4 is 19.7 Å². The number of carboxylic acid groups (broad SMARTS) is 1. The zero-order chi connectivity index (χ0) is 19.4. The van der Waals surface area contributed by atoms with Crippen LogP contribution in [0.25, 0.3) is 0 Å². The Hall–Kier alpha value is -2.83. The minimum absolute atomic E-state index is 0.0732. The zero-order valence-corrected chi connectivity index (χ0v) is 15.6. The largest absolute Gasteiger partial charge is 0.489 e. The quantitative estimate of drug-likeness (QED) is 0.409. The van der Waals surface area contributed by atoms with E-state index in [1.54, 1.807) is 18.2 Å². The van der Waals surface area contributed by atoms with Crippen molar-refractivity contribution in [1.82, 2.24) is 9.99 Å². The van der Waals surface area contributed by atoms with Crippen molar-refractivity contribution in [3.8, 4) is 5.75 Å². The fourth-order valence-electron chi connectivity index (χ4n) is 2.67. The average Bonchev–Trinajstić information content (AvgIpc) is 2.65. The minimum atomic E-state index is -3.82. The van der Waals surface area contributed by atoms with E-state index in [1.807, 2.05) is 36.4 Å². The van der Waals surface area contributed by atoms with E-state index in [9.17, 15) is 14.5 Å². The van der Waals surface area contributed by atoms with Crippen LogP contribution in [0.2, 0.25) is 0 Å². The Bertz CT molecular complexity index is 890. The molecule has 0 spiro atoms. The van der Waals surface area contributed by atoms with Crippen LogP contribution in [0.1, 0.15) is 11.1 Å². The summed E-state index contributed by atoms with van der Waals surface area (Å²) in [6, 6.07) is 15.1. The van der Waals surface area contributed by atoms with E-state index in [1.165, 1.54) is 11.9 Å². The van der Waals surface area contributed by atoms with Crippen molar-refractivity contribution in [2.24, 2.45) is 0 Å². The van der Waals surface area contributed by atoms with Crippen molar-refractivity contribution in [3.05, 3.63) is 65.7 Å². The molecule has 1 aliphatic rings. The summed E-state index contributed by atoms with van der Waals surface area (Å²) >= 11 is 0. The summed E-state index contributed by atoms with van der Waals surface area (Å²) in [5.74, 6) is -1.04. The number of likely N-dealkylation sites (N-methyl/N-ethyl adjacent to an activating group) is 1. The number of nitrogens with zero attached hydrogens (tertiary/aromatic N) is 1. The lowest BCUT2D eigenvalue weighted by molar-refractivity contribution is -0.141. The van der Waals surface area contributed by atoms with Crippen LogP contribution >= 0.6 is 7.75 Å². The molecule has 0 amide bonds. The summed E-state index contributed by atoms with van der Waals surface area (Å²) < 4.78 is 23.5. The first-order valence-corrected chi connectivity index (χ1v) is 9.81. The van der Waals surface area contributed by atoms with Crippen LogP contribution < -0.4 is 9.61 Å². The summed E-state index contributed by atoms with van der Waals surface area (Å²) in [7, 11) is -2.37. The van der Waals surface area contributed by atoms with Crippen LogP contribution in [0.4, 0.5) is 0 Å². The number of aliphatic carboxylic acids is 1. The fourth-order valence-corrected chi connectivity index (χ4v) is 4.00. The molecular weight excluding hydrogens is 369 g/mol. The molecule has 1 aliphatic heterocycles. The van der Waals surface area contributed by atoms with Crippen LogP contribution in [-0.4, -0.2) is 35.0 Å². The molecule has 2 aromatic rings. The topological polar surface area (TPSA) is 112 Å². The van der Waals surface area contributed by atoms with Gasteiger partial charge in [-0.15, -0.1) is 0 Å². The first kappa shape index (κ1) is 18.9. The molecule has 0 saturated heterocycles. The van der Waals surface area contributed by atoms with Gasteiger partial charge in [-0.2, -0.15) is 0 Å². The molecule has 2 aromatic carbocycles. The number of hydrogen-bond acceptors (Lipinski definition) is 5. The molecule has 0 aliphatic carbocycles. The molecule has 1 heterocycles. The van der Waals surface area contributed by atoms with E-state index in [-0.39, 0.29) is 19.0 Å². The van der Waals surface area contributed by atoms with Gasteiger partial charge in [0.05, 0.1) is 6.61 Å². The molecule has 3 rings (SSSR count). The molecule has 3 N–H and O–H groups in total. The highest BCUT2D eigenvalue weighted by atomic mass is 31.2. The van der Waals surface area contributed by atoms with Gasteiger partial charge < -0.3 is 14.5 Å². The second-order valence-corrected chi connectivity index (χ2v) is 7.74. The number of hydrogen-bond donors (Lipinski definition) is 3. The molecule has 9 heteroatoms. The molecular formula is C18H20N3O5P. The molecule has 0 aromatic heterocycles. The molecule has 27 heavy (non-hydrogen) atoms. The number of carboxylic acids is 1. The van der Waals surface area contributed by atoms with Crippen molar-refractivity contribution < 1.29 is 23.5 Å². The van der Waals surface area contributed by atoms with Crippen molar-refractivity contribution in [1.29, 1.82) is 5.41 Å². The van der Waals surface area contributed by atoms with Crippen LogP contribution in [0.5, 0.6) is 5.75 Å². The first-order chi connectivity index (χ1) is 12.9. The molecule has 0 bridgehead atoms. The van der Waals surface area contributed by atoms with Crippen LogP contribution in [0.15, 0.2) is 54.6 Å². The molecule has 0 radical (unpaired) electrons. The molecule has 2 atom stereocenters. The maximum Gasteiger partial charge on any atom is 0.489 e. The number of guanidine groups is 1. The van der Waals surface area contributed by atoms with E-state index >= 15 is 0 Å². The summed E-state index contributed by atoms with van der Waals surface area (Å²) in [4.78, 5) is 12.9. The third-order valence-corrected chi connectivity index (χ3v) is 5.59. The van der Waals surface area contributed by atoms with Gasteiger partial charge in [0.25, 0.3) is 0 Å². The monoisotopic (exact) mass is 389 g/mol. The highest BCUT2D eigenvalue weighted by Crippen LogP contribution is 2.50. The molecule has 2 unspecified atom stereocenters. The second-order valence-electron chi connectivity index (χ2n) is 6.08. The lowest BCUT2D eigenvalue weighted by Gasteiger charge is -2.31. The summed E-state index contributed by atoms with van der Waals surface area (Å²) in [6.07, 6.45) is 0.186. The van der Waals surface area contributed by atoms with E-state index in [4.69, 9.17) is 14.5 Å². The Morgan fingerprint density at radius 1 is 1.26 bits per heavy atom. The standard InChI is InChI=1S/C18H20N3O5P/c1-21(15(17(22)23)11-13-7-3-2-4-8-13)18(19)20-27(24)25-12-14-9-5-6-10-16(14)26-27/h2-10,15H,11-12H2,1H3,(H,22,23)(H2,19,20,24). The molecule has 142 valence electrons. The van der Waals surface area contributed by atoms with Crippen molar-refractivity contribution in [2.45, 2.75) is 19.1 Å². The second kappa shape index (κ2) is 7.82. The Morgan fingerprint density at radius 2 is 1.93 bits per heavy atom. The number of carbonyl (C=O) groups is 1. The molecule has 0 saturated carbocycles. The third kappa shape index (κ3) is 4.48. The van der Waals surface area contributed by atoms with Gasteiger partial charge in [0.1, 0.15) is 11.8 Å². The van der Waals surface area contributed by atoms with E-state index < -0.39 is 19.8 Å². The van der Waals surface area contributed by atoms with Gasteiger partial charge in [0.2, 0.25) is 5.96 Å². The zero-order valence-electron chi connectivity index (χ0n) is 14.7.